The lowest BCUT2D eigenvalue weighted by Gasteiger charge is -2.06. The third-order valence-corrected chi connectivity index (χ3v) is 2.41. The van der Waals surface area contributed by atoms with Gasteiger partial charge in [-0.25, -0.2) is 4.98 Å². The Balaban J connectivity index is 1.93. The molecule has 18 heavy (non-hydrogen) atoms. The van der Waals surface area contributed by atoms with Gasteiger partial charge in [-0.15, -0.1) is 0 Å². The number of hydrogen-bond acceptors (Lipinski definition) is 6. The van der Waals surface area contributed by atoms with E-state index in [4.69, 9.17) is 19.9 Å². The Morgan fingerprint density at radius 2 is 2.17 bits per heavy atom. The zero-order chi connectivity index (χ0) is 12.5. The topological polar surface area (TPSA) is 99.5 Å². The molecule has 0 amide bonds. The fraction of sp³-hybridized carbons (Fsp3) is 0.0909. The summed E-state index contributed by atoms with van der Waals surface area (Å²) >= 11 is 0. The lowest BCUT2D eigenvalue weighted by molar-refractivity contribution is 0.174. The molecule has 0 saturated carbocycles. The first kappa shape index (κ1) is 10.5. The first-order valence-corrected chi connectivity index (χ1v) is 5.15. The molecule has 3 rings (SSSR count). The number of benzene rings is 1. The van der Waals surface area contributed by atoms with Gasteiger partial charge in [-0.3, -0.25) is 4.79 Å². The van der Waals surface area contributed by atoms with Crippen molar-refractivity contribution in [2.45, 2.75) is 0 Å². The van der Waals surface area contributed by atoms with E-state index in [1.165, 1.54) is 6.33 Å². The van der Waals surface area contributed by atoms with Crippen molar-refractivity contribution in [1.29, 1.82) is 0 Å². The van der Waals surface area contributed by atoms with E-state index in [2.05, 4.69) is 9.97 Å². The van der Waals surface area contributed by atoms with Gasteiger partial charge in [0.1, 0.15) is 5.75 Å². The van der Waals surface area contributed by atoms with Crippen molar-refractivity contribution >= 4 is 5.69 Å². The summed E-state index contributed by atoms with van der Waals surface area (Å²) in [5, 5.41) is 0. The van der Waals surface area contributed by atoms with Gasteiger partial charge in [-0.05, 0) is 12.1 Å². The number of anilines is 1. The lowest BCUT2D eigenvalue weighted by atomic mass is 10.3. The van der Waals surface area contributed by atoms with Crippen LogP contribution >= 0.6 is 0 Å². The summed E-state index contributed by atoms with van der Waals surface area (Å²) in [7, 11) is 0. The van der Waals surface area contributed by atoms with Crippen LogP contribution in [0, 0.1) is 0 Å². The van der Waals surface area contributed by atoms with E-state index in [0.29, 0.717) is 17.2 Å². The third kappa shape index (κ3) is 1.71. The normalized spacial score (nSPS) is 12.4. The van der Waals surface area contributed by atoms with Crippen molar-refractivity contribution in [3.05, 3.63) is 34.9 Å². The van der Waals surface area contributed by atoms with Gasteiger partial charge in [0, 0.05) is 6.07 Å². The number of aromatic amines is 1. The van der Waals surface area contributed by atoms with Gasteiger partial charge >= 0.3 is 0 Å². The molecule has 1 aliphatic rings. The highest BCUT2D eigenvalue weighted by atomic mass is 16.7. The highest BCUT2D eigenvalue weighted by molar-refractivity contribution is 5.50. The van der Waals surface area contributed by atoms with E-state index in [-0.39, 0.29) is 18.4 Å². The van der Waals surface area contributed by atoms with Gasteiger partial charge in [0.05, 0.1) is 6.33 Å². The minimum atomic E-state index is -0.444. The third-order valence-electron chi connectivity index (χ3n) is 2.41. The second kappa shape index (κ2) is 3.95. The molecule has 0 fully saturated rings. The summed E-state index contributed by atoms with van der Waals surface area (Å²) in [6, 6.07) is 5.03. The molecule has 0 aliphatic carbocycles. The van der Waals surface area contributed by atoms with Crippen molar-refractivity contribution in [2.75, 3.05) is 12.5 Å². The van der Waals surface area contributed by atoms with E-state index in [0.717, 1.165) is 0 Å². The minimum Gasteiger partial charge on any atom is -0.454 e. The summed E-state index contributed by atoms with van der Waals surface area (Å²) in [6.45, 7) is 0.185. The monoisotopic (exact) mass is 247 g/mol. The molecule has 0 atom stereocenters. The Labute approximate surface area is 101 Å². The number of aromatic nitrogens is 2. The van der Waals surface area contributed by atoms with E-state index >= 15 is 0 Å². The largest absolute Gasteiger partial charge is 0.454 e. The number of rotatable bonds is 2. The minimum absolute atomic E-state index is 0.0533. The van der Waals surface area contributed by atoms with E-state index in [9.17, 15) is 4.79 Å². The van der Waals surface area contributed by atoms with Crippen LogP contribution in [0.15, 0.2) is 29.3 Å². The second-order valence-corrected chi connectivity index (χ2v) is 3.57. The lowest BCUT2D eigenvalue weighted by Crippen LogP contribution is -2.13. The molecule has 7 heteroatoms. The molecule has 2 aromatic rings. The Bertz CT molecular complexity index is 653. The van der Waals surface area contributed by atoms with Crippen LogP contribution in [0.1, 0.15) is 0 Å². The van der Waals surface area contributed by atoms with Crippen LogP contribution in [0.25, 0.3) is 0 Å². The van der Waals surface area contributed by atoms with Crippen LogP contribution in [-0.2, 0) is 0 Å². The number of ether oxygens (including phenoxy) is 3. The van der Waals surface area contributed by atoms with Gasteiger partial charge in [0.25, 0.3) is 5.56 Å². The highest BCUT2D eigenvalue weighted by Crippen LogP contribution is 2.36. The van der Waals surface area contributed by atoms with Crippen LogP contribution in [-0.4, -0.2) is 16.8 Å². The fourth-order valence-corrected chi connectivity index (χ4v) is 1.53. The zero-order valence-corrected chi connectivity index (χ0v) is 9.17. The van der Waals surface area contributed by atoms with E-state index in [1.54, 1.807) is 18.2 Å². The molecule has 0 radical (unpaired) electrons. The number of nitrogen functional groups attached to an aromatic ring is 1. The molecule has 0 saturated heterocycles. The summed E-state index contributed by atoms with van der Waals surface area (Å²) in [5.74, 6) is 1.74. The summed E-state index contributed by atoms with van der Waals surface area (Å²) < 4.78 is 15.8. The molecule has 1 aromatic carbocycles. The SMILES string of the molecule is Nc1c(Oc2ccc3c(c2)OCO3)nc[nH]c1=O. The quantitative estimate of drug-likeness (QED) is 0.816. The number of H-pyrrole nitrogens is 1. The Morgan fingerprint density at radius 1 is 1.33 bits per heavy atom. The maximum Gasteiger partial charge on any atom is 0.277 e. The van der Waals surface area contributed by atoms with E-state index in [1.807, 2.05) is 0 Å². The van der Waals surface area contributed by atoms with Gasteiger partial charge < -0.3 is 24.9 Å². The number of nitrogens with two attached hydrogens (primary N) is 1. The van der Waals surface area contributed by atoms with Crippen LogP contribution in [0.2, 0.25) is 0 Å². The number of nitrogens with one attached hydrogen (secondary N) is 1. The van der Waals surface area contributed by atoms with Crippen molar-refractivity contribution < 1.29 is 14.2 Å². The molecule has 92 valence electrons. The summed E-state index contributed by atoms with van der Waals surface area (Å²) in [6.07, 6.45) is 1.22. The molecule has 1 aromatic heterocycles. The second-order valence-electron chi connectivity index (χ2n) is 3.57. The van der Waals surface area contributed by atoms with Crippen molar-refractivity contribution in [1.82, 2.24) is 9.97 Å². The van der Waals surface area contributed by atoms with Crippen LogP contribution in [0.3, 0.4) is 0 Å². The van der Waals surface area contributed by atoms with Crippen LogP contribution < -0.4 is 25.5 Å². The molecule has 0 unspecified atom stereocenters. The number of fused-ring (bicyclic) bond motifs is 1. The van der Waals surface area contributed by atoms with Crippen molar-refractivity contribution in [2.24, 2.45) is 0 Å². The average Bonchev–Trinajstić information content (AvgIpc) is 2.82. The summed E-state index contributed by atoms with van der Waals surface area (Å²) in [5.41, 5.74) is 5.04. The molecule has 0 spiro atoms. The van der Waals surface area contributed by atoms with E-state index < -0.39 is 5.56 Å². The molecule has 0 bridgehead atoms. The molecule has 3 N–H and O–H groups in total. The molecule has 7 nitrogen and oxygen atoms in total. The Kier molecular flexibility index (Phi) is 2.30. The van der Waals surface area contributed by atoms with Crippen LogP contribution in [0.5, 0.6) is 23.1 Å². The first-order chi connectivity index (χ1) is 8.74. The standard InChI is InChI=1S/C11H9N3O4/c12-9-10(15)13-4-14-11(9)18-6-1-2-7-8(3-6)17-5-16-7/h1-4H,5,12H2,(H,13,14,15). The van der Waals surface area contributed by atoms with Gasteiger partial charge in [0.15, 0.2) is 17.2 Å². The molecule has 2 heterocycles. The fourth-order valence-electron chi connectivity index (χ4n) is 1.53. The molecule has 1 aliphatic heterocycles. The van der Waals surface area contributed by atoms with Crippen LogP contribution in [0.4, 0.5) is 5.69 Å². The number of nitrogens with zero attached hydrogens (tertiary/aromatic N) is 1. The molecular formula is C11H9N3O4. The van der Waals surface area contributed by atoms with Crippen molar-refractivity contribution in [3.63, 3.8) is 0 Å². The smallest absolute Gasteiger partial charge is 0.277 e. The average molecular weight is 247 g/mol. The number of hydrogen-bond donors (Lipinski definition) is 2. The Morgan fingerprint density at radius 3 is 3.06 bits per heavy atom. The van der Waals surface area contributed by atoms with Gasteiger partial charge in [-0.1, -0.05) is 0 Å². The summed E-state index contributed by atoms with van der Waals surface area (Å²) in [4.78, 5) is 17.5. The first-order valence-electron chi connectivity index (χ1n) is 5.15. The highest BCUT2D eigenvalue weighted by Gasteiger charge is 2.15. The zero-order valence-electron chi connectivity index (χ0n) is 9.17. The van der Waals surface area contributed by atoms with Gasteiger partial charge in [0.2, 0.25) is 12.7 Å². The predicted molar refractivity (Wildman–Crippen MR) is 61.9 cm³/mol. The Hall–Kier alpha value is -2.70. The van der Waals surface area contributed by atoms with Gasteiger partial charge in [-0.2, -0.15) is 0 Å². The van der Waals surface area contributed by atoms with Crippen molar-refractivity contribution in [3.8, 4) is 23.1 Å². The maximum absolute atomic E-state index is 11.3. The maximum atomic E-state index is 11.3. The predicted octanol–water partition coefficient (Wildman–Crippen LogP) is 0.873. The molecular weight excluding hydrogens is 238 g/mol.